The summed E-state index contributed by atoms with van der Waals surface area (Å²) in [5.74, 6) is 0.103. The van der Waals surface area contributed by atoms with Crippen molar-refractivity contribution in [3.63, 3.8) is 0 Å². The molecule has 1 aromatic rings. The zero-order valence-electron chi connectivity index (χ0n) is 14.3. The molecule has 1 N–H and O–H groups in total. The lowest BCUT2D eigenvalue weighted by molar-refractivity contribution is -0.139. The molecule has 2 aliphatic rings. The van der Waals surface area contributed by atoms with Gasteiger partial charge in [0.1, 0.15) is 0 Å². The summed E-state index contributed by atoms with van der Waals surface area (Å²) in [6.07, 6.45) is 4.80. The Morgan fingerprint density at radius 2 is 2.00 bits per heavy atom. The molecule has 0 spiro atoms. The van der Waals surface area contributed by atoms with Crippen LogP contribution < -0.4 is 4.90 Å². The van der Waals surface area contributed by atoms with Crippen LogP contribution in [-0.4, -0.2) is 41.1 Å². The van der Waals surface area contributed by atoms with Gasteiger partial charge in [-0.2, -0.15) is 0 Å². The van der Waals surface area contributed by atoms with Crippen LogP contribution in [0.2, 0.25) is 0 Å². The Morgan fingerprint density at radius 3 is 2.70 bits per heavy atom. The first kappa shape index (κ1) is 16.3. The summed E-state index contributed by atoms with van der Waals surface area (Å²) in [5, 5.41) is 10.6. The second kappa shape index (κ2) is 6.52. The fourth-order valence-corrected chi connectivity index (χ4v) is 4.08. The molecule has 0 bridgehead atoms. The Hall–Kier alpha value is -1.55. The van der Waals surface area contributed by atoms with E-state index in [2.05, 4.69) is 37.1 Å². The van der Waals surface area contributed by atoms with E-state index in [0.717, 1.165) is 38.6 Å². The van der Waals surface area contributed by atoms with E-state index >= 15 is 0 Å². The molecule has 1 amide bonds. The summed E-state index contributed by atoms with van der Waals surface area (Å²) in [4.78, 5) is 17.2. The fraction of sp³-hybridized carbons (Fsp3) is 0.632. The van der Waals surface area contributed by atoms with Crippen molar-refractivity contribution in [3.8, 4) is 0 Å². The number of anilines is 1. The molecule has 1 aromatic carbocycles. The quantitative estimate of drug-likeness (QED) is 0.932. The molecule has 1 aliphatic carbocycles. The molecule has 1 fully saturated rings. The minimum atomic E-state index is -0.771. The molecule has 1 aliphatic heterocycles. The lowest BCUT2D eigenvalue weighted by Crippen LogP contribution is -2.46. The maximum atomic E-state index is 12.9. The normalized spacial score (nSPS) is 23.5. The van der Waals surface area contributed by atoms with Crippen LogP contribution >= 0.6 is 0 Å². The Kier molecular flexibility index (Phi) is 4.62. The fourth-order valence-electron chi connectivity index (χ4n) is 4.08. The van der Waals surface area contributed by atoms with Gasteiger partial charge >= 0.3 is 0 Å². The third-order valence-corrected chi connectivity index (χ3v) is 5.48. The maximum Gasteiger partial charge on any atom is 0.226 e. The molecule has 1 atom stereocenters. The second-order valence-electron chi connectivity index (χ2n) is 7.20. The minimum Gasteiger partial charge on any atom is -0.389 e. The number of aliphatic hydroxyl groups is 1. The molecule has 4 heteroatoms. The van der Waals surface area contributed by atoms with Crippen LogP contribution in [-0.2, 0) is 11.3 Å². The first-order valence-electron chi connectivity index (χ1n) is 8.83. The number of carbonyl (C=O) groups is 1. The SMILES string of the molecule is CCC1CN(C)c2ccccc2CN1C(=O)CC1(O)CCCC1. The van der Waals surface area contributed by atoms with Crippen LogP contribution in [0.5, 0.6) is 0 Å². The number of fused-ring (bicyclic) bond motifs is 1. The highest BCUT2D eigenvalue weighted by molar-refractivity contribution is 5.78. The van der Waals surface area contributed by atoms with Crippen molar-refractivity contribution in [1.29, 1.82) is 0 Å². The monoisotopic (exact) mass is 316 g/mol. The third-order valence-electron chi connectivity index (χ3n) is 5.48. The average molecular weight is 316 g/mol. The molecule has 1 unspecified atom stereocenters. The van der Waals surface area contributed by atoms with Crippen molar-refractivity contribution in [3.05, 3.63) is 29.8 Å². The van der Waals surface area contributed by atoms with Crippen LogP contribution in [0.3, 0.4) is 0 Å². The molecule has 1 heterocycles. The first-order valence-corrected chi connectivity index (χ1v) is 8.83. The van der Waals surface area contributed by atoms with Gasteiger partial charge in [0.2, 0.25) is 5.91 Å². The summed E-state index contributed by atoms with van der Waals surface area (Å²) in [6, 6.07) is 8.51. The molecular formula is C19H28N2O2. The minimum absolute atomic E-state index is 0.103. The largest absolute Gasteiger partial charge is 0.389 e. The highest BCUT2D eigenvalue weighted by Gasteiger charge is 2.37. The first-order chi connectivity index (χ1) is 11.0. The van der Waals surface area contributed by atoms with E-state index in [1.165, 1.54) is 11.3 Å². The van der Waals surface area contributed by atoms with Crippen molar-refractivity contribution in [1.82, 2.24) is 4.90 Å². The zero-order chi connectivity index (χ0) is 16.4. The lowest BCUT2D eigenvalue weighted by Gasteiger charge is -2.33. The van der Waals surface area contributed by atoms with E-state index in [0.29, 0.717) is 6.54 Å². The molecule has 126 valence electrons. The van der Waals surface area contributed by atoms with E-state index in [9.17, 15) is 9.90 Å². The standard InChI is InChI=1S/C19H28N2O2/c1-3-16-14-20(2)17-9-5-4-8-15(17)13-21(16)18(22)12-19(23)10-6-7-11-19/h4-5,8-9,16,23H,3,6-7,10-14H2,1-2H3. The molecule has 0 saturated heterocycles. The van der Waals surface area contributed by atoms with Gasteiger partial charge in [-0.15, -0.1) is 0 Å². The third kappa shape index (κ3) is 3.37. The van der Waals surface area contributed by atoms with Crippen LogP contribution in [0.25, 0.3) is 0 Å². The second-order valence-corrected chi connectivity index (χ2v) is 7.20. The molecule has 3 rings (SSSR count). The highest BCUT2D eigenvalue weighted by atomic mass is 16.3. The lowest BCUT2D eigenvalue weighted by atomic mass is 9.96. The van der Waals surface area contributed by atoms with Gasteiger partial charge in [-0.05, 0) is 30.9 Å². The van der Waals surface area contributed by atoms with Gasteiger partial charge in [-0.25, -0.2) is 0 Å². The molecule has 1 saturated carbocycles. The van der Waals surface area contributed by atoms with Gasteiger partial charge in [0.05, 0.1) is 12.0 Å². The molecule has 4 nitrogen and oxygen atoms in total. The molecule has 0 aromatic heterocycles. The van der Waals surface area contributed by atoms with Crippen molar-refractivity contribution in [2.45, 2.75) is 63.6 Å². The summed E-state index contributed by atoms with van der Waals surface area (Å²) in [5.41, 5.74) is 1.63. The number of carbonyl (C=O) groups excluding carboxylic acids is 1. The number of benzene rings is 1. The van der Waals surface area contributed by atoms with Gasteiger partial charge in [0.25, 0.3) is 0 Å². The van der Waals surface area contributed by atoms with Crippen LogP contribution in [0.1, 0.15) is 51.0 Å². The summed E-state index contributed by atoms with van der Waals surface area (Å²) in [6.45, 7) is 3.63. The molecule has 0 radical (unpaired) electrons. The van der Waals surface area contributed by atoms with Crippen molar-refractivity contribution in [2.75, 3.05) is 18.5 Å². The van der Waals surface area contributed by atoms with Gasteiger partial charge in [0.15, 0.2) is 0 Å². The summed E-state index contributed by atoms with van der Waals surface area (Å²) in [7, 11) is 2.10. The van der Waals surface area contributed by atoms with Crippen molar-refractivity contribution >= 4 is 11.6 Å². The zero-order valence-corrected chi connectivity index (χ0v) is 14.3. The van der Waals surface area contributed by atoms with Crippen LogP contribution in [0, 0.1) is 0 Å². The average Bonchev–Trinajstić information content (AvgIpc) is 2.90. The van der Waals surface area contributed by atoms with Gasteiger partial charge in [-0.3, -0.25) is 4.79 Å². The van der Waals surface area contributed by atoms with E-state index < -0.39 is 5.60 Å². The topological polar surface area (TPSA) is 43.8 Å². The van der Waals surface area contributed by atoms with Gasteiger partial charge < -0.3 is 14.9 Å². The van der Waals surface area contributed by atoms with Crippen molar-refractivity contribution in [2.24, 2.45) is 0 Å². The summed E-state index contributed by atoms with van der Waals surface area (Å²) >= 11 is 0. The Bertz CT molecular complexity index is 566. The number of amides is 1. The number of likely N-dealkylation sites (N-methyl/N-ethyl adjacent to an activating group) is 1. The number of rotatable bonds is 3. The van der Waals surface area contributed by atoms with Gasteiger partial charge in [-0.1, -0.05) is 38.0 Å². The van der Waals surface area contributed by atoms with E-state index in [1.54, 1.807) is 0 Å². The number of hydrogen-bond donors (Lipinski definition) is 1. The Labute approximate surface area is 139 Å². The maximum absolute atomic E-state index is 12.9. The van der Waals surface area contributed by atoms with Crippen LogP contribution in [0.15, 0.2) is 24.3 Å². The molecular weight excluding hydrogens is 288 g/mol. The van der Waals surface area contributed by atoms with E-state index in [4.69, 9.17) is 0 Å². The van der Waals surface area contributed by atoms with E-state index in [-0.39, 0.29) is 18.4 Å². The predicted molar refractivity (Wildman–Crippen MR) is 92.4 cm³/mol. The number of para-hydroxylation sites is 1. The van der Waals surface area contributed by atoms with Gasteiger partial charge in [0, 0.05) is 31.9 Å². The highest BCUT2D eigenvalue weighted by Crippen LogP contribution is 2.34. The smallest absolute Gasteiger partial charge is 0.226 e. The number of nitrogens with zero attached hydrogens (tertiary/aromatic N) is 2. The molecule has 23 heavy (non-hydrogen) atoms. The van der Waals surface area contributed by atoms with Crippen LogP contribution in [0.4, 0.5) is 5.69 Å². The number of hydrogen-bond acceptors (Lipinski definition) is 3. The Morgan fingerprint density at radius 1 is 1.30 bits per heavy atom. The predicted octanol–water partition coefficient (Wildman–Crippen LogP) is 2.94. The van der Waals surface area contributed by atoms with E-state index in [1.807, 2.05) is 11.0 Å². The van der Waals surface area contributed by atoms with Crippen molar-refractivity contribution < 1.29 is 9.90 Å². The summed E-state index contributed by atoms with van der Waals surface area (Å²) < 4.78 is 0. The Balaban J connectivity index is 1.82.